The second-order valence-corrected chi connectivity index (χ2v) is 5.71. The Morgan fingerprint density at radius 1 is 1.25 bits per heavy atom. The van der Waals surface area contributed by atoms with Gasteiger partial charge < -0.3 is 4.40 Å². The Kier molecular flexibility index (Phi) is 2.53. The van der Waals surface area contributed by atoms with Crippen LogP contribution >= 0.6 is 0 Å². The largest absolute Gasteiger partial charge is 0.308 e. The summed E-state index contributed by atoms with van der Waals surface area (Å²) in [6.07, 6.45) is 6.16. The minimum absolute atomic E-state index is 0.174. The molecule has 0 spiro atoms. The Labute approximate surface area is 97.3 Å². The quantitative estimate of drug-likeness (QED) is 0.709. The van der Waals surface area contributed by atoms with Crippen LogP contribution in [-0.2, 0) is 5.41 Å². The first kappa shape index (κ1) is 11.2. The summed E-state index contributed by atoms with van der Waals surface area (Å²) in [6.45, 7) is 11.2. The zero-order valence-corrected chi connectivity index (χ0v) is 10.8. The van der Waals surface area contributed by atoms with E-state index in [1.165, 1.54) is 11.1 Å². The summed E-state index contributed by atoms with van der Waals surface area (Å²) in [6, 6.07) is 1.98. The number of aromatic nitrogens is 2. The molecule has 16 heavy (non-hydrogen) atoms. The highest BCUT2D eigenvalue weighted by atomic mass is 15.0. The van der Waals surface area contributed by atoms with E-state index in [1.807, 2.05) is 12.3 Å². The molecule has 0 fully saturated rings. The molecule has 0 amide bonds. The van der Waals surface area contributed by atoms with E-state index in [4.69, 9.17) is 0 Å². The van der Waals surface area contributed by atoms with Crippen molar-refractivity contribution in [1.82, 2.24) is 9.38 Å². The highest BCUT2D eigenvalue weighted by molar-refractivity contribution is 5.56. The molecule has 0 unspecified atom stereocenters. The van der Waals surface area contributed by atoms with Gasteiger partial charge in [-0.2, -0.15) is 0 Å². The maximum atomic E-state index is 4.50. The molecule has 0 aromatic carbocycles. The van der Waals surface area contributed by atoms with Crippen molar-refractivity contribution < 1.29 is 0 Å². The van der Waals surface area contributed by atoms with E-state index in [1.54, 1.807) is 0 Å². The predicted molar refractivity (Wildman–Crippen MR) is 68.0 cm³/mol. The van der Waals surface area contributed by atoms with Gasteiger partial charge in [-0.3, -0.25) is 0 Å². The Morgan fingerprint density at radius 2 is 1.94 bits per heavy atom. The molecule has 0 bridgehead atoms. The lowest BCUT2D eigenvalue weighted by Gasteiger charge is -2.20. The Hall–Kier alpha value is -1.31. The minimum atomic E-state index is 0.174. The van der Waals surface area contributed by atoms with Crippen molar-refractivity contribution >= 4 is 5.65 Å². The third-order valence-corrected chi connectivity index (χ3v) is 2.96. The highest BCUT2D eigenvalue weighted by Gasteiger charge is 2.23. The monoisotopic (exact) mass is 216 g/mol. The van der Waals surface area contributed by atoms with E-state index in [9.17, 15) is 0 Å². The van der Waals surface area contributed by atoms with Crippen LogP contribution in [0.15, 0.2) is 24.7 Å². The van der Waals surface area contributed by atoms with E-state index >= 15 is 0 Å². The first-order valence-electron chi connectivity index (χ1n) is 5.87. The molecule has 0 radical (unpaired) electrons. The third kappa shape index (κ3) is 1.73. The summed E-state index contributed by atoms with van der Waals surface area (Å²) in [5, 5.41) is 0. The second-order valence-electron chi connectivity index (χ2n) is 5.71. The molecule has 0 atom stereocenters. The van der Waals surface area contributed by atoms with Gasteiger partial charge in [0.15, 0.2) is 0 Å². The van der Waals surface area contributed by atoms with Gasteiger partial charge in [0.05, 0.1) is 0 Å². The summed E-state index contributed by atoms with van der Waals surface area (Å²) in [5.74, 6) is 0.508. The first-order valence-corrected chi connectivity index (χ1v) is 5.87. The number of hydrogen-bond acceptors (Lipinski definition) is 1. The van der Waals surface area contributed by atoms with Gasteiger partial charge in [-0.05, 0) is 23.0 Å². The molecule has 0 aliphatic heterocycles. The number of fused-ring (bicyclic) bond motifs is 1. The third-order valence-electron chi connectivity index (χ3n) is 2.96. The van der Waals surface area contributed by atoms with Crippen LogP contribution < -0.4 is 0 Å². The van der Waals surface area contributed by atoms with Crippen LogP contribution in [0, 0.1) is 0 Å². The molecule has 2 nitrogen and oxygen atoms in total. The average Bonchev–Trinajstić information content (AvgIpc) is 2.55. The van der Waals surface area contributed by atoms with Gasteiger partial charge in [0.25, 0.3) is 0 Å². The fraction of sp³-hybridized carbons (Fsp3) is 0.500. The topological polar surface area (TPSA) is 17.3 Å². The number of hydrogen-bond donors (Lipinski definition) is 0. The smallest absolute Gasteiger partial charge is 0.140 e. The van der Waals surface area contributed by atoms with Gasteiger partial charge in [0, 0.05) is 24.2 Å². The minimum Gasteiger partial charge on any atom is -0.308 e. The highest BCUT2D eigenvalue weighted by Crippen LogP contribution is 2.33. The molecule has 0 saturated carbocycles. The number of rotatable bonds is 1. The van der Waals surface area contributed by atoms with Gasteiger partial charge in [-0.1, -0.05) is 34.6 Å². The van der Waals surface area contributed by atoms with Crippen LogP contribution in [0.4, 0.5) is 0 Å². The van der Waals surface area contributed by atoms with E-state index in [-0.39, 0.29) is 5.41 Å². The lowest BCUT2D eigenvalue weighted by Crippen LogP contribution is -2.13. The molecule has 0 aliphatic rings. The van der Waals surface area contributed by atoms with E-state index < -0.39 is 0 Å². The summed E-state index contributed by atoms with van der Waals surface area (Å²) < 4.78 is 2.13. The van der Waals surface area contributed by atoms with Crippen LogP contribution in [0.2, 0.25) is 0 Å². The van der Waals surface area contributed by atoms with Crippen LogP contribution in [0.1, 0.15) is 51.7 Å². The van der Waals surface area contributed by atoms with Crippen molar-refractivity contribution in [1.29, 1.82) is 0 Å². The molecule has 2 heteroatoms. The molecule has 0 N–H and O–H groups in total. The first-order chi connectivity index (χ1) is 7.41. The van der Waals surface area contributed by atoms with E-state index in [0.717, 1.165) is 5.65 Å². The molecule has 2 aromatic rings. The number of nitrogens with zero attached hydrogens (tertiary/aromatic N) is 2. The summed E-state index contributed by atoms with van der Waals surface area (Å²) >= 11 is 0. The summed E-state index contributed by atoms with van der Waals surface area (Å²) in [4.78, 5) is 4.50. The maximum absolute atomic E-state index is 4.50. The zero-order valence-electron chi connectivity index (χ0n) is 10.8. The molecular weight excluding hydrogens is 196 g/mol. The normalized spacial score (nSPS) is 12.6. The standard InChI is InChI=1S/C14H20N2/c1-10(2)12-11(14(3,4)5)9-16-8-6-7-15-13(12)16/h6-10H,1-5H3. The molecule has 0 aliphatic carbocycles. The van der Waals surface area contributed by atoms with Crippen molar-refractivity contribution in [3.05, 3.63) is 35.8 Å². The molecular formula is C14H20N2. The van der Waals surface area contributed by atoms with Gasteiger partial charge in [-0.15, -0.1) is 0 Å². The summed E-state index contributed by atoms with van der Waals surface area (Å²) in [7, 11) is 0. The SMILES string of the molecule is CC(C)c1c(C(C)(C)C)cn2cccnc12. The van der Waals surface area contributed by atoms with Gasteiger partial charge in [0.1, 0.15) is 5.65 Å². The van der Waals surface area contributed by atoms with Crippen molar-refractivity contribution in [2.45, 2.75) is 46.0 Å². The van der Waals surface area contributed by atoms with Gasteiger partial charge >= 0.3 is 0 Å². The second kappa shape index (κ2) is 3.62. The molecule has 2 heterocycles. The fourth-order valence-electron chi connectivity index (χ4n) is 2.19. The zero-order chi connectivity index (χ0) is 11.9. The molecule has 86 valence electrons. The lowest BCUT2D eigenvalue weighted by molar-refractivity contribution is 0.579. The Morgan fingerprint density at radius 3 is 2.50 bits per heavy atom. The van der Waals surface area contributed by atoms with Gasteiger partial charge in [-0.25, -0.2) is 4.98 Å². The molecule has 2 rings (SSSR count). The predicted octanol–water partition coefficient (Wildman–Crippen LogP) is 3.76. The Balaban J connectivity index is 2.78. The fourth-order valence-corrected chi connectivity index (χ4v) is 2.19. The lowest BCUT2D eigenvalue weighted by atomic mass is 9.83. The average molecular weight is 216 g/mol. The molecule has 0 saturated heterocycles. The van der Waals surface area contributed by atoms with Crippen LogP contribution in [0.3, 0.4) is 0 Å². The molecule has 2 aromatic heterocycles. The van der Waals surface area contributed by atoms with Crippen molar-refractivity contribution in [3.63, 3.8) is 0 Å². The van der Waals surface area contributed by atoms with Crippen LogP contribution in [0.25, 0.3) is 5.65 Å². The van der Waals surface area contributed by atoms with Gasteiger partial charge in [0.2, 0.25) is 0 Å². The van der Waals surface area contributed by atoms with Crippen molar-refractivity contribution in [2.75, 3.05) is 0 Å². The van der Waals surface area contributed by atoms with Crippen LogP contribution in [-0.4, -0.2) is 9.38 Å². The maximum Gasteiger partial charge on any atom is 0.140 e. The van der Waals surface area contributed by atoms with E-state index in [0.29, 0.717) is 5.92 Å². The Bertz CT molecular complexity index is 501. The van der Waals surface area contributed by atoms with Crippen molar-refractivity contribution in [3.8, 4) is 0 Å². The van der Waals surface area contributed by atoms with E-state index in [2.05, 4.69) is 56.4 Å². The summed E-state index contributed by atoms with van der Waals surface area (Å²) in [5.41, 5.74) is 4.06. The van der Waals surface area contributed by atoms with Crippen LogP contribution in [0.5, 0.6) is 0 Å². The van der Waals surface area contributed by atoms with Crippen molar-refractivity contribution in [2.24, 2.45) is 0 Å².